The van der Waals surface area contributed by atoms with E-state index in [2.05, 4.69) is 15.4 Å². The number of aromatic nitrogens is 3. The number of fused-ring (bicyclic) bond motifs is 1. The van der Waals surface area contributed by atoms with Crippen LogP contribution in [0.2, 0.25) is 0 Å². The average molecular weight is 438 g/mol. The van der Waals surface area contributed by atoms with E-state index in [1.807, 2.05) is 0 Å². The van der Waals surface area contributed by atoms with Crippen molar-refractivity contribution in [1.29, 1.82) is 0 Å². The zero-order valence-electron chi connectivity index (χ0n) is 16.2. The molecule has 0 aliphatic rings. The van der Waals surface area contributed by atoms with Gasteiger partial charge in [-0.05, 0) is 49.4 Å². The molecule has 2 aromatic carbocycles. The summed E-state index contributed by atoms with van der Waals surface area (Å²) >= 11 is 1.26. The smallest absolute Gasteiger partial charge is 0.338 e. The van der Waals surface area contributed by atoms with E-state index in [1.54, 1.807) is 6.92 Å². The lowest BCUT2D eigenvalue weighted by molar-refractivity contribution is 0.0467. The molecule has 156 valence electrons. The number of amides is 1. The van der Waals surface area contributed by atoms with Crippen LogP contribution in [0.5, 0.6) is 0 Å². The predicted molar refractivity (Wildman–Crippen MR) is 112 cm³/mol. The minimum Gasteiger partial charge on any atom is -0.456 e. The molecular weight excluding hydrogens is 423 g/mol. The molecule has 1 amide bonds. The van der Waals surface area contributed by atoms with Crippen LogP contribution in [0.25, 0.3) is 4.96 Å². The highest BCUT2D eigenvalue weighted by molar-refractivity contribution is 7.16. The van der Waals surface area contributed by atoms with Gasteiger partial charge in [-0.2, -0.15) is 9.61 Å². The molecule has 0 atom stereocenters. The Bertz CT molecular complexity index is 1350. The molecule has 0 unspecified atom stereocenters. The SMILES string of the molecule is Cc1nn2c(=O)cc(COC(=O)c3ccc(NC(=O)c4cccc(F)c4)cc3)nc2s1. The number of rotatable bonds is 5. The Balaban J connectivity index is 1.39. The third kappa shape index (κ3) is 4.64. The van der Waals surface area contributed by atoms with Crippen molar-refractivity contribution < 1.29 is 18.7 Å². The van der Waals surface area contributed by atoms with Gasteiger partial charge in [0, 0.05) is 17.3 Å². The predicted octanol–water partition coefficient (Wildman–Crippen LogP) is 3.21. The lowest BCUT2D eigenvalue weighted by Gasteiger charge is -2.07. The second-order valence-corrected chi connectivity index (χ2v) is 7.68. The van der Waals surface area contributed by atoms with Crippen LogP contribution in [-0.4, -0.2) is 26.5 Å². The Morgan fingerprint density at radius 3 is 2.65 bits per heavy atom. The van der Waals surface area contributed by atoms with Crippen molar-refractivity contribution in [3.05, 3.63) is 92.6 Å². The van der Waals surface area contributed by atoms with Gasteiger partial charge in [0.15, 0.2) is 0 Å². The van der Waals surface area contributed by atoms with E-state index in [-0.39, 0.29) is 23.3 Å². The Labute approximate surface area is 178 Å². The van der Waals surface area contributed by atoms with Gasteiger partial charge in [0.05, 0.1) is 11.3 Å². The number of nitrogens with one attached hydrogen (secondary N) is 1. The molecule has 0 aliphatic carbocycles. The fourth-order valence-electron chi connectivity index (χ4n) is 2.77. The van der Waals surface area contributed by atoms with Crippen molar-refractivity contribution in [1.82, 2.24) is 14.6 Å². The van der Waals surface area contributed by atoms with Crippen molar-refractivity contribution in [2.45, 2.75) is 13.5 Å². The maximum Gasteiger partial charge on any atom is 0.338 e. The highest BCUT2D eigenvalue weighted by atomic mass is 32.1. The summed E-state index contributed by atoms with van der Waals surface area (Å²) < 4.78 is 19.7. The van der Waals surface area contributed by atoms with Crippen molar-refractivity contribution in [3.8, 4) is 0 Å². The maximum atomic E-state index is 13.2. The third-order valence-corrected chi connectivity index (χ3v) is 5.04. The van der Waals surface area contributed by atoms with E-state index in [0.29, 0.717) is 21.3 Å². The molecule has 2 aromatic heterocycles. The van der Waals surface area contributed by atoms with E-state index in [0.717, 1.165) is 6.07 Å². The van der Waals surface area contributed by atoms with E-state index >= 15 is 0 Å². The first-order chi connectivity index (χ1) is 14.9. The summed E-state index contributed by atoms with van der Waals surface area (Å²) in [6.07, 6.45) is 0. The number of ether oxygens (including phenoxy) is 1. The number of carbonyl (C=O) groups excluding carboxylic acids is 2. The van der Waals surface area contributed by atoms with Crippen molar-refractivity contribution in [3.63, 3.8) is 0 Å². The molecule has 0 bridgehead atoms. The molecule has 8 nitrogen and oxygen atoms in total. The molecule has 4 aromatic rings. The average Bonchev–Trinajstić information content (AvgIpc) is 3.13. The number of nitrogens with zero attached hydrogens (tertiary/aromatic N) is 3. The van der Waals surface area contributed by atoms with Gasteiger partial charge in [0.2, 0.25) is 4.96 Å². The Morgan fingerprint density at radius 1 is 1.13 bits per heavy atom. The maximum absolute atomic E-state index is 13.2. The van der Waals surface area contributed by atoms with Crippen molar-refractivity contribution in [2.75, 3.05) is 5.32 Å². The van der Waals surface area contributed by atoms with Gasteiger partial charge in [-0.1, -0.05) is 17.4 Å². The van der Waals surface area contributed by atoms with Crippen LogP contribution >= 0.6 is 11.3 Å². The normalized spacial score (nSPS) is 10.8. The molecule has 0 radical (unpaired) electrons. The van der Waals surface area contributed by atoms with Crippen LogP contribution in [0.4, 0.5) is 10.1 Å². The summed E-state index contributed by atoms with van der Waals surface area (Å²) in [6, 6.07) is 12.6. The summed E-state index contributed by atoms with van der Waals surface area (Å²) in [5.41, 5.74) is 0.849. The summed E-state index contributed by atoms with van der Waals surface area (Å²) in [7, 11) is 0. The molecule has 0 spiro atoms. The molecule has 10 heteroatoms. The van der Waals surface area contributed by atoms with Crippen LogP contribution in [0.15, 0.2) is 59.4 Å². The van der Waals surface area contributed by atoms with Crippen LogP contribution in [-0.2, 0) is 11.3 Å². The largest absolute Gasteiger partial charge is 0.456 e. The highest BCUT2D eigenvalue weighted by Gasteiger charge is 2.12. The number of hydrogen-bond donors (Lipinski definition) is 1. The molecule has 4 rings (SSSR count). The molecule has 0 aliphatic heterocycles. The minimum atomic E-state index is -0.606. The summed E-state index contributed by atoms with van der Waals surface area (Å²) in [5.74, 6) is -1.58. The number of esters is 1. The van der Waals surface area contributed by atoms with E-state index < -0.39 is 17.7 Å². The van der Waals surface area contributed by atoms with Gasteiger partial charge in [-0.3, -0.25) is 9.59 Å². The summed E-state index contributed by atoms with van der Waals surface area (Å²) in [4.78, 5) is 41.2. The van der Waals surface area contributed by atoms with Gasteiger partial charge in [-0.15, -0.1) is 0 Å². The Hall–Kier alpha value is -3.92. The van der Waals surface area contributed by atoms with Gasteiger partial charge in [0.25, 0.3) is 11.5 Å². The first kappa shape index (κ1) is 20.4. The van der Waals surface area contributed by atoms with Crippen LogP contribution < -0.4 is 10.9 Å². The Morgan fingerprint density at radius 2 is 1.90 bits per heavy atom. The third-order valence-electron chi connectivity index (χ3n) is 4.22. The molecule has 0 saturated carbocycles. The zero-order chi connectivity index (χ0) is 22.0. The van der Waals surface area contributed by atoms with E-state index in [1.165, 1.54) is 64.4 Å². The molecule has 0 saturated heterocycles. The highest BCUT2D eigenvalue weighted by Crippen LogP contribution is 2.14. The van der Waals surface area contributed by atoms with Gasteiger partial charge in [0.1, 0.15) is 17.4 Å². The standard InChI is InChI=1S/C21H15FN4O4S/c1-12-25-26-18(27)10-17(24-21(26)31-12)11-30-20(29)13-5-7-16(8-6-13)23-19(28)14-3-2-4-15(22)9-14/h2-10H,11H2,1H3,(H,23,28). The summed E-state index contributed by atoms with van der Waals surface area (Å²) in [6.45, 7) is 1.60. The lowest BCUT2D eigenvalue weighted by Crippen LogP contribution is -2.16. The van der Waals surface area contributed by atoms with E-state index in [4.69, 9.17) is 4.74 Å². The van der Waals surface area contributed by atoms with E-state index in [9.17, 15) is 18.8 Å². The number of hydrogen-bond acceptors (Lipinski definition) is 7. The van der Waals surface area contributed by atoms with Gasteiger partial charge in [-0.25, -0.2) is 14.2 Å². The quantitative estimate of drug-likeness (QED) is 0.480. The number of benzene rings is 2. The molecule has 0 fully saturated rings. The van der Waals surface area contributed by atoms with Gasteiger partial charge < -0.3 is 10.1 Å². The number of aryl methyl sites for hydroxylation is 1. The monoisotopic (exact) mass is 438 g/mol. The number of carbonyl (C=O) groups is 2. The summed E-state index contributed by atoms with van der Waals surface area (Å²) in [5, 5.41) is 7.38. The fourth-order valence-corrected chi connectivity index (χ4v) is 3.54. The molecular formula is C21H15FN4O4S. The molecule has 31 heavy (non-hydrogen) atoms. The molecule has 1 N–H and O–H groups in total. The fraction of sp³-hybridized carbons (Fsp3) is 0.0952. The van der Waals surface area contributed by atoms with Crippen LogP contribution in [0, 0.1) is 12.7 Å². The second kappa shape index (κ2) is 8.44. The molecule has 2 heterocycles. The van der Waals surface area contributed by atoms with Crippen molar-refractivity contribution >= 4 is 33.9 Å². The van der Waals surface area contributed by atoms with Crippen LogP contribution in [0.3, 0.4) is 0 Å². The first-order valence-corrected chi connectivity index (χ1v) is 9.91. The first-order valence-electron chi connectivity index (χ1n) is 9.09. The van der Waals surface area contributed by atoms with Crippen LogP contribution in [0.1, 0.15) is 31.4 Å². The van der Waals surface area contributed by atoms with Gasteiger partial charge >= 0.3 is 5.97 Å². The number of anilines is 1. The topological polar surface area (TPSA) is 103 Å². The minimum absolute atomic E-state index is 0.167. The second-order valence-electron chi connectivity index (χ2n) is 6.52. The lowest BCUT2D eigenvalue weighted by atomic mass is 10.2. The Kier molecular flexibility index (Phi) is 5.54. The number of halogens is 1. The van der Waals surface area contributed by atoms with Crippen molar-refractivity contribution in [2.24, 2.45) is 0 Å². The zero-order valence-corrected chi connectivity index (χ0v) is 17.0.